The maximum Gasteiger partial charge on any atom is 0.302 e. The van der Waals surface area contributed by atoms with Crippen molar-refractivity contribution in [2.75, 3.05) is 11.0 Å². The molecule has 0 aromatic heterocycles. The smallest absolute Gasteiger partial charge is 0.302 e. The van der Waals surface area contributed by atoms with E-state index in [0.29, 0.717) is 12.5 Å². The third-order valence-corrected chi connectivity index (χ3v) is 1.80. The number of alkyl halides is 1. The molecule has 0 aliphatic carbocycles. The predicted molar refractivity (Wildman–Crippen MR) is 49.3 cm³/mol. The van der Waals surface area contributed by atoms with Gasteiger partial charge in [0.1, 0.15) is 0 Å². The summed E-state index contributed by atoms with van der Waals surface area (Å²) in [7, 11) is 0. The SMILES string of the molecule is CC(=O)OCC(C)CCI. The number of carbonyl (C=O) groups is 1. The molecular formula is C7H13IO2. The number of ether oxygens (including phenoxy) is 1. The van der Waals surface area contributed by atoms with E-state index in [4.69, 9.17) is 4.74 Å². The molecule has 0 saturated carbocycles. The lowest BCUT2D eigenvalue weighted by Gasteiger charge is -2.07. The van der Waals surface area contributed by atoms with Crippen LogP contribution in [0.25, 0.3) is 0 Å². The average Bonchev–Trinajstić information content (AvgIpc) is 1.85. The minimum atomic E-state index is -0.180. The molecule has 0 aliphatic heterocycles. The maximum atomic E-state index is 10.3. The molecule has 0 amide bonds. The summed E-state index contributed by atoms with van der Waals surface area (Å²) in [5.74, 6) is 0.320. The van der Waals surface area contributed by atoms with E-state index in [2.05, 4.69) is 29.5 Å². The van der Waals surface area contributed by atoms with Crippen LogP contribution in [-0.2, 0) is 9.53 Å². The predicted octanol–water partition coefficient (Wildman–Crippen LogP) is 2.01. The first-order valence-corrected chi connectivity index (χ1v) is 4.88. The standard InChI is InChI=1S/C7H13IO2/c1-6(3-4-8)5-10-7(2)9/h6H,3-5H2,1-2H3. The average molecular weight is 256 g/mol. The Morgan fingerprint density at radius 1 is 1.70 bits per heavy atom. The van der Waals surface area contributed by atoms with Crippen molar-refractivity contribution in [1.82, 2.24) is 0 Å². The van der Waals surface area contributed by atoms with E-state index in [9.17, 15) is 4.79 Å². The Hall–Kier alpha value is 0.200. The molecular weight excluding hydrogens is 243 g/mol. The van der Waals surface area contributed by atoms with Gasteiger partial charge < -0.3 is 4.74 Å². The Bertz CT molecular complexity index is 104. The number of rotatable bonds is 4. The number of halogens is 1. The summed E-state index contributed by atoms with van der Waals surface area (Å²) in [6.07, 6.45) is 1.12. The van der Waals surface area contributed by atoms with Gasteiger partial charge in [0.25, 0.3) is 0 Å². The van der Waals surface area contributed by atoms with Crippen molar-refractivity contribution < 1.29 is 9.53 Å². The summed E-state index contributed by atoms with van der Waals surface area (Å²) >= 11 is 2.32. The highest BCUT2D eigenvalue weighted by Gasteiger charge is 2.01. The maximum absolute atomic E-state index is 10.3. The molecule has 0 aromatic carbocycles. The first-order valence-electron chi connectivity index (χ1n) is 3.36. The van der Waals surface area contributed by atoms with Crippen molar-refractivity contribution >= 4 is 28.6 Å². The molecule has 0 bridgehead atoms. The van der Waals surface area contributed by atoms with Crippen LogP contribution in [-0.4, -0.2) is 17.0 Å². The summed E-state index contributed by atoms with van der Waals surface area (Å²) < 4.78 is 5.94. The third kappa shape index (κ3) is 6.32. The number of hydrogen-bond acceptors (Lipinski definition) is 2. The van der Waals surface area contributed by atoms with Crippen molar-refractivity contribution in [2.45, 2.75) is 20.3 Å². The molecule has 0 fully saturated rings. The van der Waals surface area contributed by atoms with Gasteiger partial charge in [0.15, 0.2) is 0 Å². The monoisotopic (exact) mass is 256 g/mol. The van der Waals surface area contributed by atoms with Crippen LogP contribution in [0.3, 0.4) is 0 Å². The van der Waals surface area contributed by atoms with Crippen molar-refractivity contribution in [3.8, 4) is 0 Å². The van der Waals surface area contributed by atoms with Crippen LogP contribution >= 0.6 is 22.6 Å². The quantitative estimate of drug-likeness (QED) is 0.437. The molecule has 1 atom stereocenters. The molecule has 60 valence electrons. The van der Waals surface area contributed by atoms with Gasteiger partial charge in [-0.25, -0.2) is 0 Å². The number of hydrogen-bond donors (Lipinski definition) is 0. The van der Waals surface area contributed by atoms with Crippen LogP contribution in [0.15, 0.2) is 0 Å². The molecule has 0 aliphatic rings. The van der Waals surface area contributed by atoms with Crippen molar-refractivity contribution in [3.05, 3.63) is 0 Å². The van der Waals surface area contributed by atoms with Crippen LogP contribution < -0.4 is 0 Å². The lowest BCUT2D eigenvalue weighted by atomic mass is 10.1. The largest absolute Gasteiger partial charge is 0.466 e. The van der Waals surface area contributed by atoms with E-state index < -0.39 is 0 Å². The molecule has 0 radical (unpaired) electrons. The second-order valence-corrected chi connectivity index (χ2v) is 3.46. The van der Waals surface area contributed by atoms with E-state index >= 15 is 0 Å². The number of esters is 1. The van der Waals surface area contributed by atoms with E-state index in [1.807, 2.05) is 0 Å². The second-order valence-electron chi connectivity index (χ2n) is 2.39. The van der Waals surface area contributed by atoms with Gasteiger partial charge in [0.2, 0.25) is 0 Å². The van der Waals surface area contributed by atoms with Gasteiger partial charge in [0, 0.05) is 6.92 Å². The van der Waals surface area contributed by atoms with Gasteiger partial charge in [-0.1, -0.05) is 29.5 Å². The molecule has 0 heterocycles. The van der Waals surface area contributed by atoms with Crippen molar-refractivity contribution in [1.29, 1.82) is 0 Å². The van der Waals surface area contributed by atoms with E-state index in [1.54, 1.807) is 0 Å². The summed E-state index contributed by atoms with van der Waals surface area (Å²) in [5.41, 5.74) is 0. The fraction of sp³-hybridized carbons (Fsp3) is 0.857. The molecule has 0 saturated heterocycles. The molecule has 0 aromatic rings. The van der Waals surface area contributed by atoms with Gasteiger partial charge in [0.05, 0.1) is 6.61 Å². The van der Waals surface area contributed by atoms with E-state index in [0.717, 1.165) is 10.8 Å². The first-order chi connectivity index (χ1) is 4.66. The summed E-state index contributed by atoms with van der Waals surface area (Å²) in [5, 5.41) is 0. The zero-order valence-electron chi connectivity index (χ0n) is 6.39. The van der Waals surface area contributed by atoms with E-state index in [1.165, 1.54) is 6.92 Å². The van der Waals surface area contributed by atoms with Crippen LogP contribution in [0.4, 0.5) is 0 Å². The topological polar surface area (TPSA) is 26.3 Å². The van der Waals surface area contributed by atoms with Crippen LogP contribution in [0, 0.1) is 5.92 Å². The van der Waals surface area contributed by atoms with Crippen LogP contribution in [0.5, 0.6) is 0 Å². The van der Waals surface area contributed by atoms with Crippen LogP contribution in [0.2, 0.25) is 0 Å². The zero-order valence-corrected chi connectivity index (χ0v) is 8.55. The Labute approximate surface area is 75.5 Å². The molecule has 0 spiro atoms. The van der Waals surface area contributed by atoms with Gasteiger partial charge >= 0.3 is 5.97 Å². The summed E-state index contributed by atoms with van der Waals surface area (Å²) in [6, 6.07) is 0. The third-order valence-electron chi connectivity index (χ3n) is 1.17. The minimum absolute atomic E-state index is 0.180. The molecule has 0 N–H and O–H groups in total. The first kappa shape index (κ1) is 10.2. The molecule has 10 heavy (non-hydrogen) atoms. The summed E-state index contributed by atoms with van der Waals surface area (Å²) in [4.78, 5) is 10.3. The normalized spacial score (nSPS) is 12.7. The highest BCUT2D eigenvalue weighted by Crippen LogP contribution is 2.04. The van der Waals surface area contributed by atoms with Gasteiger partial charge in [-0.3, -0.25) is 4.79 Å². The zero-order chi connectivity index (χ0) is 7.98. The Morgan fingerprint density at radius 2 is 2.30 bits per heavy atom. The Kier molecular flexibility index (Phi) is 6.06. The summed E-state index contributed by atoms with van der Waals surface area (Å²) in [6.45, 7) is 4.09. The molecule has 2 nitrogen and oxygen atoms in total. The second kappa shape index (κ2) is 5.95. The fourth-order valence-electron chi connectivity index (χ4n) is 0.529. The van der Waals surface area contributed by atoms with Crippen molar-refractivity contribution in [3.63, 3.8) is 0 Å². The van der Waals surface area contributed by atoms with Gasteiger partial charge in [-0.2, -0.15) is 0 Å². The molecule has 3 heteroatoms. The van der Waals surface area contributed by atoms with Crippen molar-refractivity contribution in [2.24, 2.45) is 5.92 Å². The Balaban J connectivity index is 3.21. The highest BCUT2D eigenvalue weighted by atomic mass is 127. The molecule has 1 unspecified atom stereocenters. The minimum Gasteiger partial charge on any atom is -0.466 e. The molecule has 0 rings (SSSR count). The van der Waals surface area contributed by atoms with Gasteiger partial charge in [-0.15, -0.1) is 0 Å². The van der Waals surface area contributed by atoms with E-state index in [-0.39, 0.29) is 5.97 Å². The fourth-order valence-corrected chi connectivity index (χ4v) is 1.59. The lowest BCUT2D eigenvalue weighted by Crippen LogP contribution is -2.09. The van der Waals surface area contributed by atoms with Crippen LogP contribution in [0.1, 0.15) is 20.3 Å². The Morgan fingerprint density at radius 3 is 2.70 bits per heavy atom. The number of carbonyl (C=O) groups excluding carboxylic acids is 1. The highest BCUT2D eigenvalue weighted by molar-refractivity contribution is 14.1. The lowest BCUT2D eigenvalue weighted by molar-refractivity contribution is -0.142. The van der Waals surface area contributed by atoms with Gasteiger partial charge in [-0.05, 0) is 16.8 Å².